The van der Waals surface area contributed by atoms with Crippen LogP contribution in [0.3, 0.4) is 0 Å². The van der Waals surface area contributed by atoms with Crippen molar-refractivity contribution in [2.24, 2.45) is 0 Å². The standard InChI is InChI=1S/C19H18N4O2/c1-2-8-16-21-18(23-25-16)17(13-9-4-3-5-10-13)22-19-20-14-11-6-7-12-15(14)24-19/h3-7,9-12,17H,2,8H2,1H3,(H,20,22)/t17-/m0/s1. The van der Waals surface area contributed by atoms with E-state index >= 15 is 0 Å². The highest BCUT2D eigenvalue weighted by Gasteiger charge is 2.22. The maximum Gasteiger partial charge on any atom is 0.296 e. The third kappa shape index (κ3) is 3.24. The Morgan fingerprint density at radius 2 is 1.80 bits per heavy atom. The molecular formula is C19H18N4O2. The summed E-state index contributed by atoms with van der Waals surface area (Å²) in [6.07, 6.45) is 1.72. The van der Waals surface area contributed by atoms with Gasteiger partial charge in [-0.25, -0.2) is 0 Å². The molecule has 0 saturated heterocycles. The number of fused-ring (bicyclic) bond motifs is 1. The summed E-state index contributed by atoms with van der Waals surface area (Å²) < 4.78 is 11.1. The summed E-state index contributed by atoms with van der Waals surface area (Å²) >= 11 is 0. The Balaban J connectivity index is 1.69. The third-order valence-electron chi connectivity index (χ3n) is 3.90. The van der Waals surface area contributed by atoms with Crippen LogP contribution in [0.2, 0.25) is 0 Å². The molecule has 0 aliphatic heterocycles. The number of rotatable bonds is 6. The summed E-state index contributed by atoms with van der Waals surface area (Å²) in [5.41, 5.74) is 2.54. The number of benzene rings is 2. The number of aromatic nitrogens is 3. The molecule has 6 nitrogen and oxygen atoms in total. The largest absolute Gasteiger partial charge is 0.424 e. The van der Waals surface area contributed by atoms with Crippen molar-refractivity contribution < 1.29 is 8.94 Å². The zero-order valence-electron chi connectivity index (χ0n) is 13.8. The minimum Gasteiger partial charge on any atom is -0.424 e. The van der Waals surface area contributed by atoms with Gasteiger partial charge < -0.3 is 14.3 Å². The SMILES string of the molecule is CCCc1nc([C@@H](Nc2nc3ccccc3o2)c2ccccc2)no1. The Morgan fingerprint density at radius 3 is 2.60 bits per heavy atom. The molecule has 0 saturated carbocycles. The first-order valence-electron chi connectivity index (χ1n) is 8.33. The normalized spacial score (nSPS) is 12.4. The van der Waals surface area contributed by atoms with Crippen molar-refractivity contribution in [2.75, 3.05) is 5.32 Å². The van der Waals surface area contributed by atoms with E-state index in [1.54, 1.807) is 0 Å². The molecule has 2 heterocycles. The summed E-state index contributed by atoms with van der Waals surface area (Å²) in [4.78, 5) is 9.00. The van der Waals surface area contributed by atoms with E-state index in [1.807, 2.05) is 54.6 Å². The molecule has 0 amide bonds. The van der Waals surface area contributed by atoms with Crippen molar-refractivity contribution in [1.82, 2.24) is 15.1 Å². The second-order valence-electron chi connectivity index (χ2n) is 5.77. The van der Waals surface area contributed by atoms with E-state index in [0.29, 0.717) is 17.7 Å². The van der Waals surface area contributed by atoms with Crippen LogP contribution in [0.25, 0.3) is 11.1 Å². The van der Waals surface area contributed by atoms with Gasteiger partial charge in [-0.2, -0.15) is 9.97 Å². The average Bonchev–Trinajstić information content (AvgIpc) is 3.27. The van der Waals surface area contributed by atoms with E-state index in [2.05, 4.69) is 27.4 Å². The zero-order chi connectivity index (χ0) is 17.1. The lowest BCUT2D eigenvalue weighted by molar-refractivity contribution is 0.371. The van der Waals surface area contributed by atoms with Crippen molar-refractivity contribution in [2.45, 2.75) is 25.8 Å². The van der Waals surface area contributed by atoms with Gasteiger partial charge in [-0.3, -0.25) is 0 Å². The highest BCUT2D eigenvalue weighted by molar-refractivity contribution is 5.74. The minimum absolute atomic E-state index is 0.302. The van der Waals surface area contributed by atoms with E-state index in [0.717, 1.165) is 29.5 Å². The molecule has 2 aromatic heterocycles. The lowest BCUT2D eigenvalue weighted by Crippen LogP contribution is -2.14. The number of oxazole rings is 1. The summed E-state index contributed by atoms with van der Waals surface area (Å²) in [7, 11) is 0. The van der Waals surface area contributed by atoms with E-state index < -0.39 is 0 Å². The third-order valence-corrected chi connectivity index (χ3v) is 3.90. The molecule has 25 heavy (non-hydrogen) atoms. The van der Waals surface area contributed by atoms with Crippen molar-refractivity contribution in [3.8, 4) is 0 Å². The van der Waals surface area contributed by atoms with Crippen LogP contribution < -0.4 is 5.32 Å². The number of para-hydroxylation sites is 2. The van der Waals surface area contributed by atoms with Gasteiger partial charge in [0.2, 0.25) is 5.89 Å². The first kappa shape index (κ1) is 15.4. The van der Waals surface area contributed by atoms with Crippen LogP contribution in [0.4, 0.5) is 6.01 Å². The summed E-state index contributed by atoms with van der Waals surface area (Å²) in [6.45, 7) is 2.08. The van der Waals surface area contributed by atoms with Crippen LogP contribution in [-0.2, 0) is 6.42 Å². The van der Waals surface area contributed by atoms with E-state index in [1.165, 1.54) is 0 Å². The molecule has 6 heteroatoms. The second-order valence-corrected chi connectivity index (χ2v) is 5.77. The molecule has 1 atom stereocenters. The fraction of sp³-hybridized carbons (Fsp3) is 0.211. The first-order valence-corrected chi connectivity index (χ1v) is 8.33. The molecule has 0 aliphatic carbocycles. The molecule has 1 N–H and O–H groups in total. The molecule has 0 fully saturated rings. The fourth-order valence-corrected chi connectivity index (χ4v) is 2.70. The number of anilines is 1. The van der Waals surface area contributed by atoms with Gasteiger partial charge >= 0.3 is 0 Å². The van der Waals surface area contributed by atoms with Gasteiger partial charge in [-0.1, -0.05) is 54.5 Å². The Labute approximate surface area is 144 Å². The molecule has 0 aliphatic rings. The van der Waals surface area contributed by atoms with Crippen LogP contribution in [0, 0.1) is 0 Å². The molecule has 126 valence electrons. The van der Waals surface area contributed by atoms with E-state index in [9.17, 15) is 0 Å². The summed E-state index contributed by atoms with van der Waals surface area (Å²) in [5, 5.41) is 7.44. The predicted octanol–water partition coefficient (Wildman–Crippen LogP) is 4.36. The number of hydrogen-bond donors (Lipinski definition) is 1. The van der Waals surface area contributed by atoms with Crippen LogP contribution in [0.1, 0.15) is 36.7 Å². The molecule has 0 bridgehead atoms. The van der Waals surface area contributed by atoms with Crippen molar-refractivity contribution in [3.63, 3.8) is 0 Å². The highest BCUT2D eigenvalue weighted by Crippen LogP contribution is 2.27. The smallest absolute Gasteiger partial charge is 0.296 e. The molecule has 4 aromatic rings. The van der Waals surface area contributed by atoms with Gasteiger partial charge in [0.15, 0.2) is 11.4 Å². The van der Waals surface area contributed by atoms with Crippen molar-refractivity contribution >= 4 is 17.1 Å². The molecule has 0 spiro atoms. The first-order chi connectivity index (χ1) is 12.3. The molecule has 2 aromatic carbocycles. The van der Waals surface area contributed by atoms with Crippen LogP contribution >= 0.6 is 0 Å². The van der Waals surface area contributed by atoms with Gasteiger partial charge in [0.1, 0.15) is 11.6 Å². The lowest BCUT2D eigenvalue weighted by atomic mass is 10.1. The Kier molecular flexibility index (Phi) is 4.16. The quantitative estimate of drug-likeness (QED) is 0.564. The molecular weight excluding hydrogens is 316 g/mol. The second kappa shape index (κ2) is 6.76. The molecule has 0 unspecified atom stereocenters. The zero-order valence-corrected chi connectivity index (χ0v) is 13.8. The van der Waals surface area contributed by atoms with E-state index in [-0.39, 0.29) is 6.04 Å². The molecule has 0 radical (unpaired) electrons. The Bertz CT molecular complexity index is 929. The number of nitrogens with one attached hydrogen (secondary N) is 1. The van der Waals surface area contributed by atoms with Crippen molar-refractivity contribution in [1.29, 1.82) is 0 Å². The van der Waals surface area contributed by atoms with Crippen LogP contribution in [-0.4, -0.2) is 15.1 Å². The Hall–Kier alpha value is -3.15. The van der Waals surface area contributed by atoms with E-state index in [4.69, 9.17) is 8.94 Å². The van der Waals surface area contributed by atoms with Gasteiger partial charge in [0, 0.05) is 6.42 Å². The topological polar surface area (TPSA) is 77.0 Å². The average molecular weight is 334 g/mol. The number of hydrogen-bond acceptors (Lipinski definition) is 6. The van der Waals surface area contributed by atoms with Crippen molar-refractivity contribution in [3.05, 3.63) is 71.9 Å². The van der Waals surface area contributed by atoms with Gasteiger partial charge in [-0.05, 0) is 24.1 Å². The summed E-state index contributed by atoms with van der Waals surface area (Å²) in [5.74, 6) is 1.20. The maximum atomic E-state index is 5.79. The van der Waals surface area contributed by atoms with Crippen LogP contribution in [0.15, 0.2) is 63.5 Å². The fourth-order valence-electron chi connectivity index (χ4n) is 2.70. The monoisotopic (exact) mass is 334 g/mol. The lowest BCUT2D eigenvalue weighted by Gasteiger charge is -2.14. The van der Waals surface area contributed by atoms with Gasteiger partial charge in [0.25, 0.3) is 6.01 Å². The Morgan fingerprint density at radius 1 is 1.00 bits per heavy atom. The van der Waals surface area contributed by atoms with Gasteiger partial charge in [-0.15, -0.1) is 0 Å². The van der Waals surface area contributed by atoms with Gasteiger partial charge in [0.05, 0.1) is 0 Å². The molecule has 4 rings (SSSR count). The number of aryl methyl sites for hydroxylation is 1. The maximum absolute atomic E-state index is 5.79. The minimum atomic E-state index is -0.302. The number of nitrogens with zero attached hydrogens (tertiary/aromatic N) is 3. The highest BCUT2D eigenvalue weighted by atomic mass is 16.5. The van der Waals surface area contributed by atoms with Crippen LogP contribution in [0.5, 0.6) is 0 Å². The predicted molar refractivity (Wildman–Crippen MR) is 94.2 cm³/mol. The summed E-state index contributed by atoms with van der Waals surface area (Å²) in [6, 6.07) is 17.7.